The Balaban J connectivity index is 1.62. The van der Waals surface area contributed by atoms with E-state index in [4.69, 9.17) is 0 Å². The SMILES string of the molecule is CC(C)c1ccc(C=CC2=CC(c3ccc(C(C)C)cc3)N(c3ccc(C(C)(C)C)cc3)N2)cc1. The number of anilines is 1. The fourth-order valence-corrected chi connectivity index (χ4v) is 4.43. The predicted octanol–water partition coefficient (Wildman–Crippen LogP) is 8.89. The zero-order valence-corrected chi connectivity index (χ0v) is 22.3. The number of nitrogens with one attached hydrogen (secondary N) is 1. The lowest BCUT2D eigenvalue weighted by atomic mass is 9.87. The van der Waals surface area contributed by atoms with E-state index in [2.05, 4.69) is 150 Å². The van der Waals surface area contributed by atoms with Crippen LogP contribution in [0.15, 0.2) is 90.6 Å². The van der Waals surface area contributed by atoms with Crippen LogP contribution >= 0.6 is 0 Å². The molecule has 182 valence electrons. The number of hydrazine groups is 1. The standard InChI is InChI=1S/C33H40N2/c1-23(2)26-11-8-25(9-12-26)10-19-30-22-32(28-15-13-27(14-16-28)24(3)4)35(34-30)31-20-17-29(18-21-31)33(5,6)7/h8-24,32,34H,1-7H3. The van der Waals surface area contributed by atoms with Crippen LogP contribution in [-0.2, 0) is 5.41 Å². The first-order chi connectivity index (χ1) is 16.6. The van der Waals surface area contributed by atoms with Gasteiger partial charge >= 0.3 is 0 Å². The number of rotatable bonds is 6. The van der Waals surface area contributed by atoms with Gasteiger partial charge in [0.15, 0.2) is 0 Å². The summed E-state index contributed by atoms with van der Waals surface area (Å²) < 4.78 is 0. The van der Waals surface area contributed by atoms with Gasteiger partial charge in [0.1, 0.15) is 0 Å². The summed E-state index contributed by atoms with van der Waals surface area (Å²) in [5.74, 6) is 1.08. The van der Waals surface area contributed by atoms with E-state index in [1.165, 1.54) is 27.8 Å². The molecular weight excluding hydrogens is 424 g/mol. The van der Waals surface area contributed by atoms with Gasteiger partial charge in [-0.25, -0.2) is 0 Å². The summed E-state index contributed by atoms with van der Waals surface area (Å²) in [7, 11) is 0. The summed E-state index contributed by atoms with van der Waals surface area (Å²) >= 11 is 0. The minimum Gasteiger partial charge on any atom is -0.298 e. The summed E-state index contributed by atoms with van der Waals surface area (Å²) in [6.07, 6.45) is 6.69. The van der Waals surface area contributed by atoms with Crippen LogP contribution in [0.2, 0.25) is 0 Å². The molecule has 0 saturated heterocycles. The molecule has 3 aromatic rings. The van der Waals surface area contributed by atoms with Gasteiger partial charge in [0.2, 0.25) is 0 Å². The molecule has 0 fully saturated rings. The van der Waals surface area contributed by atoms with Crippen molar-refractivity contribution in [3.8, 4) is 0 Å². The summed E-state index contributed by atoms with van der Waals surface area (Å²) in [5, 5.41) is 2.28. The molecule has 3 aromatic carbocycles. The first-order valence-corrected chi connectivity index (χ1v) is 12.9. The van der Waals surface area contributed by atoms with Crippen LogP contribution in [0, 0.1) is 0 Å². The zero-order chi connectivity index (χ0) is 25.2. The van der Waals surface area contributed by atoms with E-state index >= 15 is 0 Å². The normalized spacial score (nSPS) is 16.3. The third-order valence-corrected chi connectivity index (χ3v) is 6.88. The van der Waals surface area contributed by atoms with E-state index in [0.29, 0.717) is 11.8 Å². The van der Waals surface area contributed by atoms with Gasteiger partial charge in [-0.15, -0.1) is 0 Å². The van der Waals surface area contributed by atoms with Crippen molar-refractivity contribution >= 4 is 11.8 Å². The molecule has 1 unspecified atom stereocenters. The third kappa shape index (κ3) is 5.88. The van der Waals surface area contributed by atoms with Crippen molar-refractivity contribution in [2.24, 2.45) is 0 Å². The van der Waals surface area contributed by atoms with E-state index in [0.717, 1.165) is 11.4 Å². The lowest BCUT2D eigenvalue weighted by Crippen LogP contribution is -2.34. The predicted molar refractivity (Wildman–Crippen MR) is 152 cm³/mol. The van der Waals surface area contributed by atoms with E-state index in [9.17, 15) is 0 Å². The Labute approximate surface area is 212 Å². The molecule has 0 bridgehead atoms. The smallest absolute Gasteiger partial charge is 0.0958 e. The van der Waals surface area contributed by atoms with Crippen molar-refractivity contribution in [1.29, 1.82) is 0 Å². The van der Waals surface area contributed by atoms with E-state index in [1.54, 1.807) is 0 Å². The second-order valence-electron chi connectivity index (χ2n) is 11.3. The van der Waals surface area contributed by atoms with Gasteiger partial charge in [0.25, 0.3) is 0 Å². The number of hydrogen-bond acceptors (Lipinski definition) is 2. The van der Waals surface area contributed by atoms with Crippen LogP contribution in [0.3, 0.4) is 0 Å². The monoisotopic (exact) mass is 464 g/mol. The van der Waals surface area contributed by atoms with Crippen molar-refractivity contribution in [1.82, 2.24) is 5.43 Å². The minimum atomic E-state index is 0.125. The van der Waals surface area contributed by atoms with Gasteiger partial charge in [-0.3, -0.25) is 10.4 Å². The van der Waals surface area contributed by atoms with Crippen molar-refractivity contribution in [3.63, 3.8) is 0 Å². The van der Waals surface area contributed by atoms with Crippen molar-refractivity contribution in [2.75, 3.05) is 5.01 Å². The molecule has 1 aliphatic rings. The Morgan fingerprint density at radius 1 is 0.714 bits per heavy atom. The Hall–Kier alpha value is -3.26. The maximum Gasteiger partial charge on any atom is 0.0958 e. The second kappa shape index (κ2) is 10.2. The molecule has 1 aliphatic heterocycles. The van der Waals surface area contributed by atoms with Crippen LogP contribution < -0.4 is 10.4 Å². The van der Waals surface area contributed by atoms with Gasteiger partial charge in [0.05, 0.1) is 17.4 Å². The molecule has 35 heavy (non-hydrogen) atoms. The lowest BCUT2D eigenvalue weighted by Gasteiger charge is -2.28. The molecule has 4 rings (SSSR count). The third-order valence-electron chi connectivity index (χ3n) is 6.88. The molecule has 2 nitrogen and oxygen atoms in total. The van der Waals surface area contributed by atoms with Crippen molar-refractivity contribution in [3.05, 3.63) is 118 Å². The first kappa shape index (κ1) is 24.9. The van der Waals surface area contributed by atoms with Crippen LogP contribution in [-0.4, -0.2) is 0 Å². The number of hydrogen-bond donors (Lipinski definition) is 1. The molecule has 0 aliphatic carbocycles. The number of nitrogens with zero attached hydrogens (tertiary/aromatic N) is 1. The Morgan fingerprint density at radius 3 is 1.77 bits per heavy atom. The first-order valence-electron chi connectivity index (χ1n) is 12.9. The van der Waals surface area contributed by atoms with Crippen LogP contribution in [0.4, 0.5) is 5.69 Å². The quantitative estimate of drug-likeness (QED) is 0.392. The average Bonchev–Trinajstić information content (AvgIpc) is 3.27. The van der Waals surface area contributed by atoms with Crippen molar-refractivity contribution < 1.29 is 0 Å². The summed E-state index contributed by atoms with van der Waals surface area (Å²) in [6, 6.07) is 27.0. The van der Waals surface area contributed by atoms with Gasteiger partial charge in [-0.05, 0) is 69.4 Å². The van der Waals surface area contributed by atoms with Gasteiger partial charge < -0.3 is 0 Å². The average molecular weight is 465 g/mol. The second-order valence-corrected chi connectivity index (χ2v) is 11.3. The molecular formula is C33H40N2. The zero-order valence-electron chi connectivity index (χ0n) is 22.3. The molecule has 0 aromatic heterocycles. The van der Waals surface area contributed by atoms with Gasteiger partial charge in [-0.2, -0.15) is 0 Å². The molecule has 0 spiro atoms. The Morgan fingerprint density at radius 2 is 1.26 bits per heavy atom. The highest BCUT2D eigenvalue weighted by atomic mass is 15.5. The molecule has 0 saturated carbocycles. The summed E-state index contributed by atoms with van der Waals surface area (Å²) in [6.45, 7) is 15.7. The van der Waals surface area contributed by atoms with Crippen LogP contribution in [0.1, 0.15) is 94.2 Å². The van der Waals surface area contributed by atoms with Crippen LogP contribution in [0.25, 0.3) is 6.08 Å². The fourth-order valence-electron chi connectivity index (χ4n) is 4.43. The van der Waals surface area contributed by atoms with Gasteiger partial charge in [-0.1, -0.05) is 115 Å². The van der Waals surface area contributed by atoms with Crippen LogP contribution in [0.5, 0.6) is 0 Å². The van der Waals surface area contributed by atoms with Gasteiger partial charge in [0, 0.05) is 0 Å². The highest BCUT2D eigenvalue weighted by molar-refractivity contribution is 5.59. The maximum atomic E-state index is 3.66. The molecule has 0 radical (unpaired) electrons. The fraction of sp³-hybridized carbons (Fsp3) is 0.333. The topological polar surface area (TPSA) is 15.3 Å². The molecule has 1 heterocycles. The Kier molecular flexibility index (Phi) is 7.21. The molecule has 1 atom stereocenters. The number of allylic oxidation sites excluding steroid dienone is 1. The van der Waals surface area contributed by atoms with E-state index in [-0.39, 0.29) is 11.5 Å². The lowest BCUT2D eigenvalue weighted by molar-refractivity contribution is 0.590. The summed E-state index contributed by atoms with van der Waals surface area (Å²) in [4.78, 5) is 0. The van der Waals surface area contributed by atoms with E-state index < -0.39 is 0 Å². The largest absolute Gasteiger partial charge is 0.298 e. The highest BCUT2D eigenvalue weighted by Gasteiger charge is 2.26. The van der Waals surface area contributed by atoms with E-state index in [1.807, 2.05) is 0 Å². The molecule has 1 N–H and O–H groups in total. The minimum absolute atomic E-state index is 0.125. The summed E-state index contributed by atoms with van der Waals surface area (Å²) in [5.41, 5.74) is 12.6. The van der Waals surface area contributed by atoms with Crippen molar-refractivity contribution in [2.45, 2.75) is 71.8 Å². The molecule has 2 heteroatoms. The highest BCUT2D eigenvalue weighted by Crippen LogP contribution is 2.34. The Bertz CT molecular complexity index is 1170. The number of benzene rings is 3. The molecule has 0 amide bonds. The maximum absolute atomic E-state index is 3.66.